The Hall–Kier alpha value is -2.11. The first-order valence-corrected chi connectivity index (χ1v) is 5.66. The predicted molar refractivity (Wildman–Crippen MR) is 67.5 cm³/mol. The molecule has 2 rings (SSSR count). The lowest BCUT2D eigenvalue weighted by Gasteiger charge is -2.07. The molecule has 0 fully saturated rings. The van der Waals surface area contributed by atoms with E-state index in [1.54, 1.807) is 6.07 Å². The van der Waals surface area contributed by atoms with Crippen molar-refractivity contribution >= 4 is 11.8 Å². The van der Waals surface area contributed by atoms with Crippen LogP contribution < -0.4 is 11.1 Å². The molecule has 0 spiro atoms. The lowest BCUT2D eigenvalue weighted by Crippen LogP contribution is -2.07. The summed E-state index contributed by atoms with van der Waals surface area (Å²) in [5.41, 5.74) is 6.41. The normalized spacial score (nSPS) is 10.5. The van der Waals surface area contributed by atoms with Gasteiger partial charge in [-0.25, -0.2) is 4.98 Å². The molecule has 2 heterocycles. The van der Waals surface area contributed by atoms with Gasteiger partial charge in [-0.05, 0) is 26.0 Å². The third-order valence-corrected chi connectivity index (χ3v) is 2.40. The van der Waals surface area contributed by atoms with Crippen LogP contribution >= 0.6 is 0 Å². The molecule has 0 saturated carbocycles. The van der Waals surface area contributed by atoms with Gasteiger partial charge in [0.25, 0.3) is 0 Å². The fourth-order valence-corrected chi connectivity index (χ4v) is 1.66. The number of anilines is 2. The Kier molecular flexibility index (Phi) is 3.22. The van der Waals surface area contributed by atoms with E-state index in [9.17, 15) is 0 Å². The minimum atomic E-state index is 0.484. The SMILES string of the molecule is CCNc1nnc(-c2cccc(N)n2)n1CC. The van der Waals surface area contributed by atoms with E-state index in [-0.39, 0.29) is 0 Å². The van der Waals surface area contributed by atoms with Crippen molar-refractivity contribution in [1.82, 2.24) is 19.7 Å². The van der Waals surface area contributed by atoms with Crippen LogP contribution in [-0.4, -0.2) is 26.3 Å². The summed E-state index contributed by atoms with van der Waals surface area (Å²) in [5, 5.41) is 11.4. The first-order chi connectivity index (χ1) is 8.26. The molecule has 2 aromatic rings. The number of pyridine rings is 1. The largest absolute Gasteiger partial charge is 0.384 e. The molecule has 2 aromatic heterocycles. The second-order valence-corrected chi connectivity index (χ2v) is 3.57. The Morgan fingerprint density at radius 3 is 2.76 bits per heavy atom. The van der Waals surface area contributed by atoms with Gasteiger partial charge in [-0.3, -0.25) is 4.57 Å². The van der Waals surface area contributed by atoms with Gasteiger partial charge in [-0.15, -0.1) is 10.2 Å². The van der Waals surface area contributed by atoms with E-state index in [0.717, 1.165) is 30.6 Å². The van der Waals surface area contributed by atoms with E-state index in [1.165, 1.54) is 0 Å². The van der Waals surface area contributed by atoms with Gasteiger partial charge in [0.05, 0.1) is 0 Å². The van der Waals surface area contributed by atoms with Crippen LogP contribution in [0.25, 0.3) is 11.5 Å². The maximum atomic E-state index is 5.67. The van der Waals surface area contributed by atoms with Gasteiger partial charge in [0.1, 0.15) is 11.5 Å². The Morgan fingerprint density at radius 2 is 2.12 bits per heavy atom. The Bertz CT molecular complexity index is 504. The van der Waals surface area contributed by atoms with Crippen LogP contribution in [0.2, 0.25) is 0 Å². The van der Waals surface area contributed by atoms with Crippen molar-refractivity contribution in [2.45, 2.75) is 20.4 Å². The monoisotopic (exact) mass is 232 g/mol. The standard InChI is InChI=1S/C11H16N6/c1-3-13-11-16-15-10(17(11)4-2)8-6-5-7-9(12)14-8/h5-7H,3-4H2,1-2H3,(H2,12,14)(H,13,16). The number of hydrogen-bond donors (Lipinski definition) is 2. The smallest absolute Gasteiger partial charge is 0.224 e. The summed E-state index contributed by atoms with van der Waals surface area (Å²) in [7, 11) is 0. The van der Waals surface area contributed by atoms with Gasteiger partial charge >= 0.3 is 0 Å². The molecule has 0 saturated heterocycles. The maximum Gasteiger partial charge on any atom is 0.224 e. The molecular weight excluding hydrogens is 216 g/mol. The van der Waals surface area contributed by atoms with E-state index in [2.05, 4.69) is 20.5 Å². The minimum absolute atomic E-state index is 0.484. The zero-order valence-corrected chi connectivity index (χ0v) is 10.0. The summed E-state index contributed by atoms with van der Waals surface area (Å²) in [4.78, 5) is 4.25. The number of nitrogens with two attached hydrogens (primary N) is 1. The topological polar surface area (TPSA) is 81.7 Å². The van der Waals surface area contributed by atoms with Gasteiger partial charge in [-0.2, -0.15) is 0 Å². The maximum absolute atomic E-state index is 5.67. The van der Waals surface area contributed by atoms with Crippen molar-refractivity contribution in [3.05, 3.63) is 18.2 Å². The molecule has 6 nitrogen and oxygen atoms in total. The number of nitrogens with one attached hydrogen (secondary N) is 1. The molecule has 0 aromatic carbocycles. The van der Waals surface area contributed by atoms with Crippen molar-refractivity contribution in [3.63, 3.8) is 0 Å². The molecule has 0 atom stereocenters. The van der Waals surface area contributed by atoms with Gasteiger partial charge in [0.2, 0.25) is 5.95 Å². The quantitative estimate of drug-likeness (QED) is 0.832. The molecule has 6 heteroatoms. The number of rotatable bonds is 4. The summed E-state index contributed by atoms with van der Waals surface area (Å²) >= 11 is 0. The highest BCUT2D eigenvalue weighted by atomic mass is 15.4. The molecule has 0 bridgehead atoms. The Labute approximate surface area is 99.9 Å². The minimum Gasteiger partial charge on any atom is -0.384 e. The van der Waals surface area contributed by atoms with Crippen LogP contribution in [0.4, 0.5) is 11.8 Å². The first kappa shape index (κ1) is 11.4. The fourth-order valence-electron chi connectivity index (χ4n) is 1.66. The Balaban J connectivity index is 2.45. The number of nitrogens with zero attached hydrogens (tertiary/aromatic N) is 4. The lowest BCUT2D eigenvalue weighted by atomic mass is 10.3. The number of aromatic nitrogens is 4. The third-order valence-electron chi connectivity index (χ3n) is 2.40. The Morgan fingerprint density at radius 1 is 1.29 bits per heavy atom. The second-order valence-electron chi connectivity index (χ2n) is 3.57. The van der Waals surface area contributed by atoms with Gasteiger partial charge in [-0.1, -0.05) is 6.07 Å². The van der Waals surface area contributed by atoms with E-state index in [1.807, 2.05) is 30.5 Å². The first-order valence-electron chi connectivity index (χ1n) is 5.66. The second kappa shape index (κ2) is 4.82. The van der Waals surface area contributed by atoms with Crippen LogP contribution in [0, 0.1) is 0 Å². The molecule has 17 heavy (non-hydrogen) atoms. The van der Waals surface area contributed by atoms with E-state index in [4.69, 9.17) is 5.73 Å². The average Bonchev–Trinajstić information content (AvgIpc) is 2.72. The number of hydrogen-bond acceptors (Lipinski definition) is 5. The molecule has 0 aliphatic rings. The molecule has 0 aliphatic carbocycles. The third kappa shape index (κ3) is 2.20. The highest BCUT2D eigenvalue weighted by Gasteiger charge is 2.12. The zero-order chi connectivity index (χ0) is 12.3. The van der Waals surface area contributed by atoms with Gasteiger partial charge in [0.15, 0.2) is 5.82 Å². The van der Waals surface area contributed by atoms with Crippen LogP contribution in [0.5, 0.6) is 0 Å². The zero-order valence-electron chi connectivity index (χ0n) is 10.0. The van der Waals surface area contributed by atoms with Gasteiger partial charge in [0, 0.05) is 13.1 Å². The van der Waals surface area contributed by atoms with Crippen molar-refractivity contribution in [2.24, 2.45) is 0 Å². The van der Waals surface area contributed by atoms with Crippen molar-refractivity contribution in [1.29, 1.82) is 0 Å². The summed E-state index contributed by atoms with van der Waals surface area (Å²) in [6.45, 7) is 5.65. The fraction of sp³-hybridized carbons (Fsp3) is 0.364. The average molecular weight is 232 g/mol. The molecule has 0 aliphatic heterocycles. The molecular formula is C11H16N6. The summed E-state index contributed by atoms with van der Waals surface area (Å²) in [6.07, 6.45) is 0. The van der Waals surface area contributed by atoms with Crippen LogP contribution in [-0.2, 0) is 6.54 Å². The van der Waals surface area contributed by atoms with Crippen LogP contribution in [0.3, 0.4) is 0 Å². The summed E-state index contributed by atoms with van der Waals surface area (Å²) in [6, 6.07) is 5.49. The highest BCUT2D eigenvalue weighted by Crippen LogP contribution is 2.19. The van der Waals surface area contributed by atoms with Crippen LogP contribution in [0.1, 0.15) is 13.8 Å². The number of nitrogen functional groups attached to an aromatic ring is 1. The van der Waals surface area contributed by atoms with Crippen molar-refractivity contribution in [3.8, 4) is 11.5 Å². The molecule has 3 N–H and O–H groups in total. The summed E-state index contributed by atoms with van der Waals surface area (Å²) in [5.74, 6) is 1.98. The van der Waals surface area contributed by atoms with E-state index >= 15 is 0 Å². The van der Waals surface area contributed by atoms with Crippen molar-refractivity contribution < 1.29 is 0 Å². The molecule has 0 amide bonds. The predicted octanol–water partition coefficient (Wildman–Crippen LogP) is 1.37. The molecule has 0 unspecified atom stereocenters. The van der Waals surface area contributed by atoms with Crippen molar-refractivity contribution in [2.75, 3.05) is 17.6 Å². The lowest BCUT2D eigenvalue weighted by molar-refractivity contribution is 0.768. The highest BCUT2D eigenvalue weighted by molar-refractivity contribution is 5.54. The van der Waals surface area contributed by atoms with Gasteiger partial charge < -0.3 is 11.1 Å². The van der Waals surface area contributed by atoms with E-state index < -0.39 is 0 Å². The molecule has 90 valence electrons. The van der Waals surface area contributed by atoms with E-state index in [0.29, 0.717) is 5.82 Å². The van der Waals surface area contributed by atoms with Crippen LogP contribution in [0.15, 0.2) is 18.2 Å². The molecule has 0 radical (unpaired) electrons. The summed E-state index contributed by atoms with van der Waals surface area (Å²) < 4.78 is 1.98.